The first-order valence-electron chi connectivity index (χ1n) is 6.05. The van der Waals surface area contributed by atoms with E-state index in [1.165, 1.54) is 35.9 Å². The molecule has 1 nitrogen and oxygen atoms in total. The summed E-state index contributed by atoms with van der Waals surface area (Å²) in [4.78, 5) is 11.7. The van der Waals surface area contributed by atoms with Crippen LogP contribution >= 0.6 is 11.8 Å². The molecule has 2 aromatic rings. The fourth-order valence-electron chi connectivity index (χ4n) is 1.80. The van der Waals surface area contributed by atoms with Crippen molar-refractivity contribution >= 4 is 17.5 Å². The third-order valence-electron chi connectivity index (χ3n) is 2.82. The summed E-state index contributed by atoms with van der Waals surface area (Å²) >= 11 is 1.44. The molecule has 0 aliphatic heterocycles. The summed E-state index contributed by atoms with van der Waals surface area (Å²) in [5.41, 5.74) is 2.78. The fourth-order valence-corrected chi connectivity index (χ4v) is 2.66. The van der Waals surface area contributed by atoms with E-state index in [9.17, 15) is 9.18 Å². The van der Waals surface area contributed by atoms with Gasteiger partial charge in [0.05, 0.1) is 0 Å². The van der Waals surface area contributed by atoms with Crippen LogP contribution in [-0.4, -0.2) is 5.78 Å². The zero-order chi connectivity index (χ0) is 13.8. The van der Waals surface area contributed by atoms with E-state index in [2.05, 4.69) is 6.07 Å². The average Bonchev–Trinajstić information content (AvgIpc) is 2.37. The normalized spacial score (nSPS) is 10.5. The Balaban J connectivity index is 2.10. The number of aryl methyl sites for hydroxylation is 1. The first kappa shape index (κ1) is 13.8. The lowest BCUT2D eigenvalue weighted by Crippen LogP contribution is -1.94. The molecule has 2 rings (SSSR count). The van der Waals surface area contributed by atoms with Gasteiger partial charge in [-0.2, -0.15) is 0 Å². The number of carbonyl (C=O) groups is 1. The molecule has 0 saturated heterocycles. The third-order valence-corrected chi connectivity index (χ3v) is 3.93. The second kappa shape index (κ2) is 6.02. The van der Waals surface area contributed by atoms with Crippen molar-refractivity contribution in [2.45, 2.75) is 24.5 Å². The van der Waals surface area contributed by atoms with Gasteiger partial charge in [0.25, 0.3) is 0 Å². The van der Waals surface area contributed by atoms with Gasteiger partial charge in [-0.1, -0.05) is 35.9 Å². The van der Waals surface area contributed by atoms with E-state index in [0.717, 1.165) is 5.75 Å². The summed E-state index contributed by atoms with van der Waals surface area (Å²) in [6.07, 6.45) is 0. The highest BCUT2D eigenvalue weighted by molar-refractivity contribution is 7.98. The molecule has 0 aliphatic rings. The summed E-state index contributed by atoms with van der Waals surface area (Å²) in [5.74, 6) is 0.275. The second-order valence-electron chi connectivity index (χ2n) is 4.48. The molecular weight excluding hydrogens is 259 g/mol. The Hall–Kier alpha value is -1.61. The summed E-state index contributed by atoms with van der Waals surface area (Å²) < 4.78 is 13.8. The predicted molar refractivity (Wildman–Crippen MR) is 77.1 cm³/mol. The molecule has 2 aromatic carbocycles. The Kier molecular flexibility index (Phi) is 4.38. The van der Waals surface area contributed by atoms with Crippen LogP contribution in [0.15, 0.2) is 47.4 Å². The van der Waals surface area contributed by atoms with Gasteiger partial charge < -0.3 is 0 Å². The first-order valence-corrected chi connectivity index (χ1v) is 7.03. The van der Waals surface area contributed by atoms with E-state index in [4.69, 9.17) is 0 Å². The molecule has 0 radical (unpaired) electrons. The molecule has 0 aromatic heterocycles. The van der Waals surface area contributed by atoms with Gasteiger partial charge in [0.2, 0.25) is 0 Å². The number of hydrogen-bond donors (Lipinski definition) is 0. The van der Waals surface area contributed by atoms with Crippen LogP contribution in [0.25, 0.3) is 0 Å². The van der Waals surface area contributed by atoms with Crippen molar-refractivity contribution in [1.29, 1.82) is 0 Å². The van der Waals surface area contributed by atoms with E-state index in [-0.39, 0.29) is 11.6 Å². The molecule has 0 aliphatic carbocycles. The van der Waals surface area contributed by atoms with Crippen LogP contribution in [0.2, 0.25) is 0 Å². The zero-order valence-corrected chi connectivity index (χ0v) is 11.8. The highest BCUT2D eigenvalue weighted by atomic mass is 32.2. The monoisotopic (exact) mass is 274 g/mol. The largest absolute Gasteiger partial charge is 0.295 e. The van der Waals surface area contributed by atoms with E-state index in [0.29, 0.717) is 10.5 Å². The number of halogens is 1. The number of benzene rings is 2. The highest BCUT2D eigenvalue weighted by Crippen LogP contribution is 2.26. The van der Waals surface area contributed by atoms with Gasteiger partial charge in [0.1, 0.15) is 5.82 Å². The van der Waals surface area contributed by atoms with Gasteiger partial charge in [0, 0.05) is 16.2 Å². The smallest absolute Gasteiger partial charge is 0.159 e. The maximum Gasteiger partial charge on any atom is 0.159 e. The van der Waals surface area contributed by atoms with Crippen LogP contribution in [0, 0.1) is 12.7 Å². The number of ketones is 1. The Morgan fingerprint density at radius 1 is 1.21 bits per heavy atom. The molecular formula is C16H15FOS. The quantitative estimate of drug-likeness (QED) is 0.597. The third kappa shape index (κ3) is 3.67. The van der Waals surface area contributed by atoms with Crippen molar-refractivity contribution in [3.63, 3.8) is 0 Å². The van der Waals surface area contributed by atoms with Crippen molar-refractivity contribution in [2.24, 2.45) is 0 Å². The summed E-state index contributed by atoms with van der Waals surface area (Å²) in [5, 5.41) is 0. The number of carbonyl (C=O) groups excluding carboxylic acids is 1. The van der Waals surface area contributed by atoms with Crippen molar-refractivity contribution in [1.82, 2.24) is 0 Å². The topological polar surface area (TPSA) is 17.1 Å². The molecule has 0 atom stereocenters. The summed E-state index contributed by atoms with van der Waals surface area (Å²) in [6, 6.07) is 12.8. The fraction of sp³-hybridized carbons (Fsp3) is 0.188. The standard InChI is InChI=1S/C16H15FOS/c1-11-4-3-5-13(8-11)10-19-16-7-6-14(12(2)18)9-15(16)17/h3-9H,10H2,1-2H3. The molecule has 0 heterocycles. The Morgan fingerprint density at radius 2 is 2.00 bits per heavy atom. The SMILES string of the molecule is CC(=O)c1ccc(SCc2cccc(C)c2)c(F)c1. The molecule has 19 heavy (non-hydrogen) atoms. The molecule has 0 N–H and O–H groups in total. The van der Waals surface area contributed by atoms with E-state index in [1.807, 2.05) is 25.1 Å². The second-order valence-corrected chi connectivity index (χ2v) is 5.50. The number of rotatable bonds is 4. The lowest BCUT2D eigenvalue weighted by atomic mass is 10.1. The molecule has 0 bridgehead atoms. The maximum atomic E-state index is 13.8. The highest BCUT2D eigenvalue weighted by Gasteiger charge is 2.07. The van der Waals surface area contributed by atoms with Gasteiger partial charge >= 0.3 is 0 Å². The molecule has 0 unspecified atom stereocenters. The molecule has 0 fully saturated rings. The van der Waals surface area contributed by atoms with Gasteiger partial charge in [-0.15, -0.1) is 11.8 Å². The summed E-state index contributed by atoms with van der Waals surface area (Å²) in [6.45, 7) is 3.48. The lowest BCUT2D eigenvalue weighted by Gasteiger charge is -2.05. The van der Waals surface area contributed by atoms with Crippen molar-refractivity contribution in [2.75, 3.05) is 0 Å². The molecule has 98 valence electrons. The van der Waals surface area contributed by atoms with Crippen LogP contribution in [0.5, 0.6) is 0 Å². The average molecular weight is 274 g/mol. The van der Waals surface area contributed by atoms with E-state index in [1.54, 1.807) is 12.1 Å². The van der Waals surface area contributed by atoms with E-state index < -0.39 is 0 Å². The minimum atomic E-state index is -0.328. The van der Waals surface area contributed by atoms with Crippen LogP contribution in [-0.2, 0) is 5.75 Å². The Bertz CT molecular complexity index is 607. The van der Waals surface area contributed by atoms with Crippen molar-refractivity contribution in [3.05, 3.63) is 65.0 Å². The van der Waals surface area contributed by atoms with Crippen molar-refractivity contribution < 1.29 is 9.18 Å². The van der Waals surface area contributed by atoms with Gasteiger partial charge in [0.15, 0.2) is 5.78 Å². The van der Waals surface area contributed by atoms with E-state index >= 15 is 0 Å². The van der Waals surface area contributed by atoms with Crippen LogP contribution in [0.1, 0.15) is 28.4 Å². The van der Waals surface area contributed by atoms with Gasteiger partial charge in [-0.25, -0.2) is 4.39 Å². The van der Waals surface area contributed by atoms with Crippen LogP contribution in [0.4, 0.5) is 4.39 Å². The minimum Gasteiger partial charge on any atom is -0.295 e. The van der Waals surface area contributed by atoms with Gasteiger partial charge in [-0.05, 0) is 31.5 Å². The maximum absolute atomic E-state index is 13.8. The molecule has 0 saturated carbocycles. The molecule has 0 amide bonds. The predicted octanol–water partition coefficient (Wildman–Crippen LogP) is 4.63. The zero-order valence-electron chi connectivity index (χ0n) is 10.9. The number of Topliss-reactive ketones (excluding diaryl/α,β-unsaturated/α-hetero) is 1. The first-order chi connectivity index (χ1) is 9.06. The number of hydrogen-bond acceptors (Lipinski definition) is 2. The number of thioether (sulfide) groups is 1. The Morgan fingerprint density at radius 3 is 2.63 bits per heavy atom. The molecule has 3 heteroatoms. The van der Waals surface area contributed by atoms with Gasteiger partial charge in [-0.3, -0.25) is 4.79 Å². The van der Waals surface area contributed by atoms with Crippen LogP contribution in [0.3, 0.4) is 0 Å². The summed E-state index contributed by atoms with van der Waals surface area (Å²) in [7, 11) is 0. The molecule has 0 spiro atoms. The van der Waals surface area contributed by atoms with Crippen molar-refractivity contribution in [3.8, 4) is 0 Å². The minimum absolute atomic E-state index is 0.117. The van der Waals surface area contributed by atoms with Crippen LogP contribution < -0.4 is 0 Å². The lowest BCUT2D eigenvalue weighted by molar-refractivity contribution is 0.101. The Labute approximate surface area is 116 Å².